The number of hydrogen-bond donors (Lipinski definition) is 2. The Bertz CT molecular complexity index is 498. The normalized spacial score (nSPS) is 36.2. The molecule has 1 aromatic rings. The first-order chi connectivity index (χ1) is 9.31. The molecule has 19 heavy (non-hydrogen) atoms. The van der Waals surface area contributed by atoms with E-state index in [1.54, 1.807) is 0 Å². The summed E-state index contributed by atoms with van der Waals surface area (Å²) in [5.41, 5.74) is 1.38. The largest absolute Gasteiger partial charge is 0.349 e. The van der Waals surface area contributed by atoms with E-state index in [1.165, 1.54) is 36.1 Å². The number of nitrogens with one attached hydrogen (secondary N) is 2. The summed E-state index contributed by atoms with van der Waals surface area (Å²) in [6.45, 7) is 0. The summed E-state index contributed by atoms with van der Waals surface area (Å²) in [7, 11) is 0. The fourth-order valence-electron chi connectivity index (χ4n) is 4.03. The molecule has 1 aromatic heterocycles. The number of aryl methyl sites for hydroxylation is 1. The lowest BCUT2D eigenvalue weighted by Gasteiger charge is -2.27. The van der Waals surface area contributed by atoms with E-state index in [0.29, 0.717) is 12.1 Å². The van der Waals surface area contributed by atoms with E-state index in [4.69, 9.17) is 0 Å². The lowest BCUT2D eigenvalue weighted by Crippen LogP contribution is -2.40. The molecule has 3 nitrogen and oxygen atoms in total. The van der Waals surface area contributed by atoms with Crippen LogP contribution in [0.1, 0.15) is 48.6 Å². The molecule has 2 bridgehead atoms. The number of amides is 1. The number of rotatable bonds is 2. The van der Waals surface area contributed by atoms with Crippen LogP contribution in [-0.2, 0) is 11.2 Å². The summed E-state index contributed by atoms with van der Waals surface area (Å²) in [6.07, 6.45) is 6.97. The summed E-state index contributed by atoms with van der Waals surface area (Å²) in [5.74, 6) is 0.492. The van der Waals surface area contributed by atoms with E-state index in [9.17, 15) is 4.79 Å². The molecule has 2 saturated heterocycles. The van der Waals surface area contributed by atoms with Crippen LogP contribution in [0.3, 0.4) is 0 Å². The van der Waals surface area contributed by atoms with Crippen LogP contribution in [0.25, 0.3) is 0 Å². The second-order valence-corrected chi connectivity index (χ2v) is 7.14. The van der Waals surface area contributed by atoms with Crippen molar-refractivity contribution in [2.45, 2.75) is 56.7 Å². The summed E-state index contributed by atoms with van der Waals surface area (Å²) in [6, 6.07) is 3.50. The molecule has 0 saturated carbocycles. The van der Waals surface area contributed by atoms with Crippen LogP contribution in [0.5, 0.6) is 0 Å². The Hall–Kier alpha value is -0.870. The lowest BCUT2D eigenvalue weighted by molar-refractivity contribution is -0.126. The maximum atomic E-state index is 12.5. The van der Waals surface area contributed by atoms with Gasteiger partial charge in [0.2, 0.25) is 5.91 Å². The molecule has 4 unspecified atom stereocenters. The van der Waals surface area contributed by atoms with Crippen molar-refractivity contribution in [3.8, 4) is 0 Å². The molecule has 3 aliphatic rings. The van der Waals surface area contributed by atoms with Crippen molar-refractivity contribution in [2.75, 3.05) is 0 Å². The fraction of sp³-hybridized carbons (Fsp3) is 0.667. The van der Waals surface area contributed by atoms with Crippen LogP contribution >= 0.6 is 11.3 Å². The Morgan fingerprint density at radius 3 is 3.11 bits per heavy atom. The highest BCUT2D eigenvalue weighted by Gasteiger charge is 2.43. The molecule has 4 heteroatoms. The van der Waals surface area contributed by atoms with Crippen LogP contribution in [-0.4, -0.2) is 18.0 Å². The Morgan fingerprint density at radius 1 is 1.37 bits per heavy atom. The molecule has 3 heterocycles. The smallest absolute Gasteiger partial charge is 0.225 e. The van der Waals surface area contributed by atoms with Crippen molar-refractivity contribution in [3.05, 3.63) is 21.9 Å². The summed E-state index contributed by atoms with van der Waals surface area (Å²) in [5, 5.41) is 9.03. The Labute approximate surface area is 117 Å². The van der Waals surface area contributed by atoms with Gasteiger partial charge in [0.05, 0.1) is 12.0 Å². The molecule has 102 valence electrons. The Kier molecular flexibility index (Phi) is 2.88. The van der Waals surface area contributed by atoms with Gasteiger partial charge in [0.1, 0.15) is 0 Å². The van der Waals surface area contributed by atoms with Gasteiger partial charge >= 0.3 is 0 Å². The van der Waals surface area contributed by atoms with Crippen molar-refractivity contribution < 1.29 is 4.79 Å². The van der Waals surface area contributed by atoms with Gasteiger partial charge in [-0.2, -0.15) is 0 Å². The zero-order valence-electron chi connectivity index (χ0n) is 11.0. The predicted molar refractivity (Wildman–Crippen MR) is 76.2 cm³/mol. The number of carbonyl (C=O) groups excluding carboxylic acids is 1. The quantitative estimate of drug-likeness (QED) is 0.871. The third kappa shape index (κ3) is 2.01. The lowest BCUT2D eigenvalue weighted by atomic mass is 9.87. The van der Waals surface area contributed by atoms with E-state index in [1.807, 2.05) is 11.3 Å². The van der Waals surface area contributed by atoms with Gasteiger partial charge in [0, 0.05) is 17.0 Å². The molecule has 2 aliphatic heterocycles. The highest BCUT2D eigenvalue weighted by molar-refractivity contribution is 7.10. The van der Waals surface area contributed by atoms with E-state index in [-0.39, 0.29) is 17.9 Å². The molecule has 4 atom stereocenters. The van der Waals surface area contributed by atoms with Crippen LogP contribution in [0.4, 0.5) is 0 Å². The third-order valence-corrected chi connectivity index (χ3v) is 6.00. The number of fused-ring (bicyclic) bond motifs is 3. The molecule has 0 aromatic carbocycles. The zero-order valence-corrected chi connectivity index (χ0v) is 11.8. The topological polar surface area (TPSA) is 41.1 Å². The van der Waals surface area contributed by atoms with E-state index >= 15 is 0 Å². The predicted octanol–water partition coefficient (Wildman–Crippen LogP) is 2.38. The van der Waals surface area contributed by atoms with Crippen molar-refractivity contribution in [1.29, 1.82) is 0 Å². The minimum atomic E-state index is 0.211. The molecular weight excluding hydrogens is 256 g/mol. The highest BCUT2D eigenvalue weighted by Crippen LogP contribution is 2.36. The van der Waals surface area contributed by atoms with Gasteiger partial charge in [0.15, 0.2) is 0 Å². The first-order valence-corrected chi connectivity index (χ1v) is 8.32. The summed E-state index contributed by atoms with van der Waals surface area (Å²) in [4.78, 5) is 14.0. The zero-order chi connectivity index (χ0) is 12.8. The van der Waals surface area contributed by atoms with Gasteiger partial charge in [-0.1, -0.05) is 0 Å². The molecular formula is C15H20N2OS. The molecule has 2 N–H and O–H groups in total. The maximum absolute atomic E-state index is 12.5. The maximum Gasteiger partial charge on any atom is 0.225 e. The SMILES string of the molecule is O=C(NC1CCCc2sccc21)C1CC2CCC1N2. The Balaban J connectivity index is 1.46. The first-order valence-electron chi connectivity index (χ1n) is 7.44. The molecule has 1 aliphatic carbocycles. The number of thiophene rings is 1. The van der Waals surface area contributed by atoms with Gasteiger partial charge in [-0.05, 0) is 55.5 Å². The standard InChI is InChI=1S/C15H20N2OS/c18-15(11-8-9-4-5-13(11)16-9)17-12-2-1-3-14-10(12)6-7-19-14/h6-7,9,11-13,16H,1-5,8H2,(H,17,18). The van der Waals surface area contributed by atoms with Crippen LogP contribution in [0, 0.1) is 5.92 Å². The van der Waals surface area contributed by atoms with Crippen molar-refractivity contribution in [2.24, 2.45) is 5.92 Å². The second-order valence-electron chi connectivity index (χ2n) is 6.14. The van der Waals surface area contributed by atoms with Gasteiger partial charge in [0.25, 0.3) is 0 Å². The van der Waals surface area contributed by atoms with Crippen LogP contribution in [0.2, 0.25) is 0 Å². The van der Waals surface area contributed by atoms with Gasteiger partial charge < -0.3 is 10.6 Å². The number of hydrogen-bond acceptors (Lipinski definition) is 3. The van der Waals surface area contributed by atoms with E-state index in [2.05, 4.69) is 22.1 Å². The summed E-state index contributed by atoms with van der Waals surface area (Å²) >= 11 is 1.84. The Morgan fingerprint density at radius 2 is 2.32 bits per heavy atom. The van der Waals surface area contributed by atoms with Crippen LogP contribution in [0.15, 0.2) is 11.4 Å². The summed E-state index contributed by atoms with van der Waals surface area (Å²) < 4.78 is 0. The molecule has 1 amide bonds. The number of carbonyl (C=O) groups is 1. The van der Waals surface area contributed by atoms with Crippen molar-refractivity contribution in [1.82, 2.24) is 10.6 Å². The van der Waals surface area contributed by atoms with Crippen molar-refractivity contribution >= 4 is 17.2 Å². The van der Waals surface area contributed by atoms with Crippen LogP contribution < -0.4 is 10.6 Å². The minimum Gasteiger partial charge on any atom is -0.349 e. The molecule has 2 fully saturated rings. The highest BCUT2D eigenvalue weighted by atomic mass is 32.1. The molecule has 4 rings (SSSR count). The third-order valence-electron chi connectivity index (χ3n) is 5.01. The minimum absolute atomic E-state index is 0.211. The van der Waals surface area contributed by atoms with Gasteiger partial charge in [-0.3, -0.25) is 4.79 Å². The van der Waals surface area contributed by atoms with E-state index < -0.39 is 0 Å². The second kappa shape index (κ2) is 4.60. The van der Waals surface area contributed by atoms with Crippen molar-refractivity contribution in [3.63, 3.8) is 0 Å². The average molecular weight is 276 g/mol. The van der Waals surface area contributed by atoms with E-state index in [0.717, 1.165) is 12.8 Å². The van der Waals surface area contributed by atoms with Gasteiger partial charge in [-0.15, -0.1) is 11.3 Å². The fourth-order valence-corrected chi connectivity index (χ4v) is 5.02. The molecule has 0 spiro atoms. The first kappa shape index (κ1) is 11.9. The average Bonchev–Trinajstić information content (AvgIpc) is 3.14. The van der Waals surface area contributed by atoms with Gasteiger partial charge in [-0.25, -0.2) is 0 Å². The molecule has 0 radical (unpaired) electrons. The monoisotopic (exact) mass is 276 g/mol.